The largest absolute Gasteiger partial charge is 0.487 e. The van der Waals surface area contributed by atoms with Crippen molar-refractivity contribution in [2.24, 2.45) is 5.92 Å². The molecule has 2 aliphatic rings. The van der Waals surface area contributed by atoms with Crippen LogP contribution >= 0.6 is 0 Å². The summed E-state index contributed by atoms with van der Waals surface area (Å²) in [6, 6.07) is 7.75. The number of nitrogens with one attached hydrogen (secondary N) is 1. The van der Waals surface area contributed by atoms with Crippen LogP contribution in [0.25, 0.3) is 0 Å². The summed E-state index contributed by atoms with van der Waals surface area (Å²) >= 11 is 0. The highest BCUT2D eigenvalue weighted by Crippen LogP contribution is 2.42. The third kappa shape index (κ3) is 4.29. The topological polar surface area (TPSA) is 75.7 Å². The number of fused-ring (bicyclic) bond motifs is 1. The average molecular weight is 395 g/mol. The lowest BCUT2D eigenvalue weighted by molar-refractivity contribution is -0.127. The van der Waals surface area contributed by atoms with Crippen LogP contribution in [-0.4, -0.2) is 43.6 Å². The first-order valence-corrected chi connectivity index (χ1v) is 11.7. The van der Waals surface area contributed by atoms with Gasteiger partial charge in [0.2, 0.25) is 15.9 Å². The molecule has 0 saturated carbocycles. The lowest BCUT2D eigenvalue weighted by Gasteiger charge is -2.42. The van der Waals surface area contributed by atoms with Gasteiger partial charge in [-0.25, -0.2) is 12.7 Å². The van der Waals surface area contributed by atoms with E-state index in [1.165, 1.54) is 10.6 Å². The SMILES string of the molecule is CCC1(CC)CC(NC(=O)C2CCCN(S(C)(=O)=O)C2)c2ccccc2O1. The number of benzene rings is 1. The second-order valence-electron chi connectivity index (χ2n) is 7.76. The summed E-state index contributed by atoms with van der Waals surface area (Å²) in [6.07, 6.45) is 5.11. The summed E-state index contributed by atoms with van der Waals surface area (Å²) in [5, 5.41) is 3.20. The van der Waals surface area contributed by atoms with Crippen molar-refractivity contribution in [2.75, 3.05) is 19.3 Å². The molecule has 2 heterocycles. The second-order valence-corrected chi connectivity index (χ2v) is 9.74. The Morgan fingerprint density at radius 1 is 1.30 bits per heavy atom. The molecule has 1 amide bonds. The molecule has 6 nitrogen and oxygen atoms in total. The fraction of sp³-hybridized carbons (Fsp3) is 0.650. The van der Waals surface area contributed by atoms with E-state index in [2.05, 4.69) is 19.2 Å². The van der Waals surface area contributed by atoms with Gasteiger partial charge in [0.1, 0.15) is 11.4 Å². The van der Waals surface area contributed by atoms with Crippen molar-refractivity contribution in [3.8, 4) is 5.75 Å². The average Bonchev–Trinajstić information content (AvgIpc) is 2.67. The number of sulfonamides is 1. The summed E-state index contributed by atoms with van der Waals surface area (Å²) in [4.78, 5) is 13.0. The summed E-state index contributed by atoms with van der Waals surface area (Å²) in [5.74, 6) is 0.464. The van der Waals surface area contributed by atoms with E-state index in [9.17, 15) is 13.2 Å². The number of hydrogen-bond acceptors (Lipinski definition) is 4. The standard InChI is InChI=1S/C20H30N2O4S/c1-4-20(5-2)13-17(16-10-6-7-11-18(16)26-20)21-19(23)15-9-8-12-22(14-15)27(3,24)25/h6-7,10-11,15,17H,4-5,8-9,12-14H2,1-3H3,(H,21,23). The third-order valence-electron chi connectivity index (χ3n) is 6.03. The number of rotatable bonds is 5. The summed E-state index contributed by atoms with van der Waals surface area (Å²) in [7, 11) is -3.27. The van der Waals surface area contributed by atoms with Crippen molar-refractivity contribution >= 4 is 15.9 Å². The van der Waals surface area contributed by atoms with Crippen LogP contribution in [0.15, 0.2) is 24.3 Å². The maximum Gasteiger partial charge on any atom is 0.224 e. The van der Waals surface area contributed by atoms with E-state index in [1.807, 2.05) is 24.3 Å². The Labute approximate surface area is 162 Å². The Balaban J connectivity index is 1.78. The van der Waals surface area contributed by atoms with Gasteiger partial charge < -0.3 is 10.1 Å². The summed E-state index contributed by atoms with van der Waals surface area (Å²) < 4.78 is 31.4. The first-order chi connectivity index (χ1) is 12.8. The van der Waals surface area contributed by atoms with Crippen molar-refractivity contribution < 1.29 is 17.9 Å². The van der Waals surface area contributed by atoms with Gasteiger partial charge >= 0.3 is 0 Å². The Kier molecular flexibility index (Phi) is 5.82. The smallest absolute Gasteiger partial charge is 0.224 e. The van der Waals surface area contributed by atoms with Gasteiger partial charge in [0.15, 0.2) is 0 Å². The molecule has 27 heavy (non-hydrogen) atoms. The highest BCUT2D eigenvalue weighted by atomic mass is 32.2. The van der Waals surface area contributed by atoms with Crippen LogP contribution in [0.3, 0.4) is 0 Å². The number of hydrogen-bond donors (Lipinski definition) is 1. The number of piperidine rings is 1. The van der Waals surface area contributed by atoms with E-state index >= 15 is 0 Å². The number of nitrogens with zero attached hydrogens (tertiary/aromatic N) is 1. The predicted octanol–water partition coefficient (Wildman–Crippen LogP) is 2.86. The summed E-state index contributed by atoms with van der Waals surface area (Å²) in [6.45, 7) is 4.99. The normalized spacial score (nSPS) is 25.3. The lowest BCUT2D eigenvalue weighted by atomic mass is 9.83. The molecule has 3 rings (SSSR count). The highest BCUT2D eigenvalue weighted by molar-refractivity contribution is 7.88. The monoisotopic (exact) mass is 394 g/mol. The number of carbonyl (C=O) groups is 1. The molecule has 0 radical (unpaired) electrons. The Bertz CT molecular complexity index is 789. The highest BCUT2D eigenvalue weighted by Gasteiger charge is 2.40. The van der Waals surface area contributed by atoms with E-state index in [-0.39, 0.29) is 30.0 Å². The minimum absolute atomic E-state index is 0.0637. The molecule has 0 bridgehead atoms. The molecule has 2 atom stereocenters. The van der Waals surface area contributed by atoms with Crippen molar-refractivity contribution in [1.29, 1.82) is 0 Å². The fourth-order valence-electron chi connectivity index (χ4n) is 4.18. The minimum Gasteiger partial charge on any atom is -0.487 e. The number of carbonyl (C=O) groups excluding carboxylic acids is 1. The molecule has 1 aromatic rings. The van der Waals surface area contributed by atoms with Crippen LogP contribution in [0.2, 0.25) is 0 Å². The van der Waals surface area contributed by atoms with Gasteiger partial charge in [0, 0.05) is 25.1 Å². The first kappa shape index (κ1) is 20.1. The molecule has 0 aromatic heterocycles. The van der Waals surface area contributed by atoms with Gasteiger partial charge in [-0.3, -0.25) is 4.79 Å². The maximum absolute atomic E-state index is 13.0. The van der Waals surface area contributed by atoms with E-state index in [4.69, 9.17) is 4.74 Å². The van der Waals surface area contributed by atoms with Crippen LogP contribution < -0.4 is 10.1 Å². The van der Waals surface area contributed by atoms with E-state index in [0.717, 1.165) is 37.0 Å². The van der Waals surface area contributed by atoms with Crippen LogP contribution in [0.1, 0.15) is 57.6 Å². The predicted molar refractivity (Wildman–Crippen MR) is 105 cm³/mol. The number of ether oxygens (including phenoxy) is 1. The molecule has 1 aromatic carbocycles. The quantitative estimate of drug-likeness (QED) is 0.833. The Hall–Kier alpha value is -1.60. The molecule has 1 fully saturated rings. The zero-order valence-electron chi connectivity index (χ0n) is 16.4. The van der Waals surface area contributed by atoms with E-state index in [1.54, 1.807) is 0 Å². The van der Waals surface area contributed by atoms with Gasteiger partial charge in [-0.2, -0.15) is 0 Å². The molecular formula is C20H30N2O4S. The zero-order valence-corrected chi connectivity index (χ0v) is 17.2. The van der Waals surface area contributed by atoms with E-state index < -0.39 is 10.0 Å². The molecular weight excluding hydrogens is 364 g/mol. The fourth-order valence-corrected chi connectivity index (χ4v) is 5.09. The lowest BCUT2D eigenvalue weighted by Crippen LogP contribution is -2.48. The van der Waals surface area contributed by atoms with Gasteiger partial charge in [0.25, 0.3) is 0 Å². The van der Waals surface area contributed by atoms with Gasteiger partial charge in [-0.15, -0.1) is 0 Å². The van der Waals surface area contributed by atoms with Crippen molar-refractivity contribution in [2.45, 2.75) is 57.6 Å². The zero-order chi connectivity index (χ0) is 19.7. The molecule has 1 N–H and O–H groups in total. The minimum atomic E-state index is -3.27. The van der Waals surface area contributed by atoms with Crippen molar-refractivity contribution in [3.05, 3.63) is 29.8 Å². The van der Waals surface area contributed by atoms with Gasteiger partial charge in [-0.05, 0) is 31.7 Å². The van der Waals surface area contributed by atoms with Gasteiger partial charge in [-0.1, -0.05) is 32.0 Å². The first-order valence-electron chi connectivity index (χ1n) is 9.81. The molecule has 7 heteroatoms. The Morgan fingerprint density at radius 2 is 2.00 bits per heavy atom. The van der Waals surface area contributed by atoms with Crippen molar-refractivity contribution in [1.82, 2.24) is 9.62 Å². The Morgan fingerprint density at radius 3 is 2.67 bits per heavy atom. The van der Waals surface area contributed by atoms with E-state index in [0.29, 0.717) is 13.0 Å². The molecule has 2 unspecified atom stereocenters. The molecule has 0 aliphatic carbocycles. The molecule has 150 valence electrons. The molecule has 2 aliphatic heterocycles. The molecule has 1 saturated heterocycles. The third-order valence-corrected chi connectivity index (χ3v) is 7.30. The van der Waals surface area contributed by atoms with Crippen LogP contribution in [-0.2, 0) is 14.8 Å². The molecule has 0 spiro atoms. The van der Waals surface area contributed by atoms with Crippen LogP contribution in [0.4, 0.5) is 0 Å². The summed E-state index contributed by atoms with van der Waals surface area (Å²) in [5.41, 5.74) is 0.719. The van der Waals surface area contributed by atoms with Crippen LogP contribution in [0, 0.1) is 5.92 Å². The maximum atomic E-state index is 13.0. The number of para-hydroxylation sites is 1. The second kappa shape index (κ2) is 7.80. The van der Waals surface area contributed by atoms with Gasteiger partial charge in [0.05, 0.1) is 18.2 Å². The van der Waals surface area contributed by atoms with Crippen LogP contribution in [0.5, 0.6) is 5.75 Å². The number of amides is 1. The van der Waals surface area contributed by atoms with Crippen molar-refractivity contribution in [3.63, 3.8) is 0 Å².